The Bertz CT molecular complexity index is 822. The summed E-state index contributed by atoms with van der Waals surface area (Å²) in [7, 11) is -0.533. The van der Waals surface area contributed by atoms with Gasteiger partial charge in [-0.3, -0.25) is 5.32 Å². The molecule has 2 aromatic rings. The summed E-state index contributed by atoms with van der Waals surface area (Å²) in [5.41, 5.74) is 1.83. The Kier molecular flexibility index (Phi) is 5.79. The smallest absolute Gasteiger partial charge is 0.444 e. The summed E-state index contributed by atoms with van der Waals surface area (Å²) in [6.45, 7) is 7.88. The summed E-state index contributed by atoms with van der Waals surface area (Å²) in [5, 5.41) is 12.4. The van der Waals surface area contributed by atoms with Crippen LogP contribution in [-0.4, -0.2) is 29.5 Å². The molecule has 0 bridgehead atoms. The van der Waals surface area contributed by atoms with Crippen LogP contribution in [0.4, 0.5) is 10.5 Å². The molecule has 0 saturated carbocycles. The zero-order valence-electron chi connectivity index (χ0n) is 16.7. The fourth-order valence-electron chi connectivity index (χ4n) is 2.86. The largest absolute Gasteiger partial charge is 0.494 e. The first-order chi connectivity index (χ1) is 13.2. The Balaban J connectivity index is 1.67. The lowest BCUT2D eigenvalue weighted by molar-refractivity contribution is 0.00578. The molecule has 7 heteroatoms. The first-order valence-electron chi connectivity index (χ1n) is 9.29. The molecule has 1 saturated heterocycles. The third-order valence-corrected chi connectivity index (χ3v) is 5.27. The van der Waals surface area contributed by atoms with E-state index in [0.29, 0.717) is 11.3 Å². The Morgan fingerprint density at radius 1 is 1.07 bits per heavy atom. The highest BCUT2D eigenvalue weighted by Crippen LogP contribution is 2.36. The molecule has 0 unspecified atom stereocenters. The van der Waals surface area contributed by atoms with Crippen molar-refractivity contribution in [2.75, 3.05) is 5.32 Å². The molecule has 1 heterocycles. The van der Waals surface area contributed by atoms with Crippen LogP contribution in [0.15, 0.2) is 48.5 Å². The van der Waals surface area contributed by atoms with Crippen molar-refractivity contribution in [3.8, 4) is 0 Å². The van der Waals surface area contributed by atoms with E-state index >= 15 is 0 Å². The summed E-state index contributed by atoms with van der Waals surface area (Å²) < 4.78 is 17.3. The van der Waals surface area contributed by atoms with Gasteiger partial charge in [0.1, 0.15) is 6.61 Å². The van der Waals surface area contributed by atoms with E-state index in [1.165, 1.54) is 0 Å². The minimum Gasteiger partial charge on any atom is -0.444 e. The normalized spacial score (nSPS) is 17.4. The number of ether oxygens (including phenoxy) is 1. The number of aliphatic hydroxyl groups is 1. The van der Waals surface area contributed by atoms with Gasteiger partial charge in [0.15, 0.2) is 0 Å². The number of nitrogens with one attached hydrogen (secondary N) is 1. The molecular formula is C21H26BNO5. The van der Waals surface area contributed by atoms with E-state index in [-0.39, 0.29) is 13.2 Å². The van der Waals surface area contributed by atoms with Gasteiger partial charge in [0.25, 0.3) is 0 Å². The second-order valence-corrected chi connectivity index (χ2v) is 7.85. The Morgan fingerprint density at radius 2 is 1.71 bits per heavy atom. The quantitative estimate of drug-likeness (QED) is 0.776. The van der Waals surface area contributed by atoms with Gasteiger partial charge in [-0.1, -0.05) is 42.5 Å². The number of amides is 1. The fraction of sp³-hybridized carbons (Fsp3) is 0.381. The molecule has 0 aliphatic carbocycles. The first kappa shape index (κ1) is 20.4. The molecule has 0 aromatic heterocycles. The van der Waals surface area contributed by atoms with Gasteiger partial charge in [-0.2, -0.15) is 0 Å². The van der Waals surface area contributed by atoms with Crippen molar-refractivity contribution in [3.63, 3.8) is 0 Å². The molecule has 1 aliphatic heterocycles. The Labute approximate surface area is 166 Å². The van der Waals surface area contributed by atoms with Crippen molar-refractivity contribution in [2.45, 2.75) is 52.1 Å². The number of aliphatic hydroxyl groups excluding tert-OH is 1. The minimum absolute atomic E-state index is 0.174. The molecule has 148 valence electrons. The molecule has 1 amide bonds. The average Bonchev–Trinajstić information content (AvgIpc) is 2.88. The van der Waals surface area contributed by atoms with Gasteiger partial charge in [0.2, 0.25) is 0 Å². The predicted molar refractivity (Wildman–Crippen MR) is 108 cm³/mol. The van der Waals surface area contributed by atoms with Crippen LogP contribution in [-0.2, 0) is 27.3 Å². The third kappa shape index (κ3) is 4.38. The fourth-order valence-corrected chi connectivity index (χ4v) is 2.86. The lowest BCUT2D eigenvalue weighted by Gasteiger charge is -2.32. The van der Waals surface area contributed by atoms with E-state index in [9.17, 15) is 9.90 Å². The number of hydrogen-bond donors (Lipinski definition) is 2. The zero-order valence-corrected chi connectivity index (χ0v) is 16.7. The van der Waals surface area contributed by atoms with E-state index in [4.69, 9.17) is 14.0 Å². The van der Waals surface area contributed by atoms with Crippen molar-refractivity contribution in [1.82, 2.24) is 0 Å². The van der Waals surface area contributed by atoms with Crippen LogP contribution >= 0.6 is 0 Å². The second kappa shape index (κ2) is 7.95. The van der Waals surface area contributed by atoms with Crippen LogP contribution < -0.4 is 10.8 Å². The minimum atomic E-state index is -0.582. The van der Waals surface area contributed by atoms with E-state index in [2.05, 4.69) is 5.32 Å². The first-order valence-corrected chi connectivity index (χ1v) is 9.29. The van der Waals surface area contributed by atoms with Crippen molar-refractivity contribution < 1.29 is 23.9 Å². The van der Waals surface area contributed by atoms with Crippen LogP contribution in [0, 0.1) is 0 Å². The van der Waals surface area contributed by atoms with Crippen molar-refractivity contribution in [2.24, 2.45) is 0 Å². The number of benzene rings is 2. The van der Waals surface area contributed by atoms with Gasteiger partial charge in [-0.05, 0) is 44.8 Å². The zero-order chi connectivity index (χ0) is 20.4. The Hall–Kier alpha value is -2.35. The van der Waals surface area contributed by atoms with Crippen LogP contribution in [0.5, 0.6) is 0 Å². The monoisotopic (exact) mass is 383 g/mol. The summed E-state index contributed by atoms with van der Waals surface area (Å²) >= 11 is 0. The maximum absolute atomic E-state index is 12.1. The molecule has 0 spiro atoms. The molecule has 3 rings (SSSR count). The molecule has 0 atom stereocenters. The molecule has 6 nitrogen and oxygen atoms in total. The maximum Gasteiger partial charge on any atom is 0.494 e. The van der Waals surface area contributed by atoms with Crippen LogP contribution in [0.3, 0.4) is 0 Å². The van der Waals surface area contributed by atoms with E-state index in [1.54, 1.807) is 12.1 Å². The van der Waals surface area contributed by atoms with Gasteiger partial charge in [0, 0.05) is 11.3 Å². The lowest BCUT2D eigenvalue weighted by Crippen LogP contribution is -2.41. The maximum atomic E-state index is 12.1. The van der Waals surface area contributed by atoms with E-state index < -0.39 is 24.4 Å². The number of carbonyl (C=O) groups is 1. The summed E-state index contributed by atoms with van der Waals surface area (Å²) in [4.78, 5) is 12.1. The molecular weight excluding hydrogens is 357 g/mol. The van der Waals surface area contributed by atoms with Crippen LogP contribution in [0.1, 0.15) is 38.8 Å². The summed E-state index contributed by atoms with van der Waals surface area (Å²) in [5.74, 6) is 0. The molecule has 1 aliphatic rings. The molecule has 28 heavy (non-hydrogen) atoms. The SMILES string of the molecule is CC1(C)OB(c2ccc(NC(=O)OCc3ccccc3)c(CO)c2)OC1(C)C. The van der Waals surface area contributed by atoms with Crippen LogP contribution in [0.2, 0.25) is 0 Å². The van der Waals surface area contributed by atoms with Crippen molar-refractivity contribution in [1.29, 1.82) is 0 Å². The standard InChI is InChI=1S/C21H26BNO5/c1-20(2)21(3,4)28-22(27-20)17-10-11-18(16(12-17)13-24)23-19(25)26-14-15-8-6-5-7-9-15/h5-12,24H,13-14H2,1-4H3,(H,23,25). The highest BCUT2D eigenvalue weighted by Gasteiger charge is 2.51. The number of anilines is 1. The molecule has 0 radical (unpaired) electrons. The van der Waals surface area contributed by atoms with E-state index in [1.807, 2.05) is 64.1 Å². The number of hydrogen-bond acceptors (Lipinski definition) is 5. The Morgan fingerprint density at radius 3 is 2.32 bits per heavy atom. The van der Waals surface area contributed by atoms with Crippen LogP contribution in [0.25, 0.3) is 0 Å². The van der Waals surface area contributed by atoms with Crippen molar-refractivity contribution in [3.05, 3.63) is 59.7 Å². The average molecular weight is 383 g/mol. The van der Waals surface area contributed by atoms with Crippen molar-refractivity contribution >= 4 is 24.4 Å². The second-order valence-electron chi connectivity index (χ2n) is 7.85. The summed E-state index contributed by atoms with van der Waals surface area (Å²) in [6, 6.07) is 14.7. The lowest BCUT2D eigenvalue weighted by atomic mass is 9.78. The highest BCUT2D eigenvalue weighted by molar-refractivity contribution is 6.62. The van der Waals surface area contributed by atoms with Gasteiger partial charge in [-0.25, -0.2) is 4.79 Å². The number of rotatable bonds is 5. The molecule has 2 aromatic carbocycles. The topological polar surface area (TPSA) is 77.0 Å². The van der Waals surface area contributed by atoms with Gasteiger partial charge < -0.3 is 19.2 Å². The van der Waals surface area contributed by atoms with E-state index in [0.717, 1.165) is 11.0 Å². The number of carbonyl (C=O) groups excluding carboxylic acids is 1. The molecule has 1 fully saturated rings. The van der Waals surface area contributed by atoms with Gasteiger partial charge >= 0.3 is 13.2 Å². The third-order valence-electron chi connectivity index (χ3n) is 5.27. The van der Waals surface area contributed by atoms with Gasteiger partial charge in [-0.15, -0.1) is 0 Å². The molecule has 2 N–H and O–H groups in total. The highest BCUT2D eigenvalue weighted by atomic mass is 16.7. The summed E-state index contributed by atoms with van der Waals surface area (Å²) in [6.07, 6.45) is -0.582. The predicted octanol–water partition coefficient (Wildman–Crippen LogP) is 3.23. The van der Waals surface area contributed by atoms with Gasteiger partial charge in [0.05, 0.1) is 17.8 Å².